The van der Waals surface area contributed by atoms with Crippen molar-refractivity contribution in [3.8, 4) is 11.8 Å². The molecule has 2 aromatic carbocycles. The molecule has 1 saturated carbocycles. The molecule has 5 rings (SSSR count). The maximum Gasteiger partial charge on any atom is 0.223 e. The molecule has 1 amide bonds. The number of carbonyl (C=O) groups is 1. The van der Waals surface area contributed by atoms with Crippen molar-refractivity contribution < 1.29 is 14.3 Å². The van der Waals surface area contributed by atoms with E-state index in [4.69, 9.17) is 0 Å². The Morgan fingerprint density at radius 2 is 1.90 bits per heavy atom. The third-order valence-corrected chi connectivity index (χ3v) is 7.01. The number of likely N-dealkylation sites (N-methyl/N-ethyl adjacent to an activating group) is 1. The number of halogens is 1. The number of rotatable bonds is 3. The fraction of sp³-hybridized carbons (Fsp3) is 0.423. The third kappa shape index (κ3) is 3.81. The Morgan fingerprint density at radius 3 is 2.61 bits per heavy atom. The molecule has 5 heteroatoms. The minimum atomic E-state index is -0.299. The summed E-state index contributed by atoms with van der Waals surface area (Å²) in [5, 5.41) is 10.1. The van der Waals surface area contributed by atoms with Gasteiger partial charge in [-0.25, -0.2) is 4.39 Å². The van der Waals surface area contributed by atoms with Gasteiger partial charge in [-0.3, -0.25) is 4.79 Å². The van der Waals surface area contributed by atoms with Crippen molar-refractivity contribution in [1.82, 2.24) is 4.90 Å². The van der Waals surface area contributed by atoms with Crippen molar-refractivity contribution in [1.29, 1.82) is 0 Å². The van der Waals surface area contributed by atoms with Gasteiger partial charge in [0.25, 0.3) is 0 Å². The number of amides is 1. The zero-order valence-corrected chi connectivity index (χ0v) is 17.7. The second kappa shape index (κ2) is 8.01. The fourth-order valence-electron chi connectivity index (χ4n) is 5.21. The van der Waals surface area contributed by atoms with Crippen LogP contribution >= 0.6 is 0 Å². The predicted molar refractivity (Wildman–Crippen MR) is 118 cm³/mol. The Hall–Kier alpha value is -2.84. The average molecular weight is 419 g/mol. The van der Waals surface area contributed by atoms with Gasteiger partial charge in [-0.05, 0) is 67.1 Å². The molecule has 4 nitrogen and oxygen atoms in total. The molecule has 2 aromatic rings. The molecule has 2 fully saturated rings. The van der Waals surface area contributed by atoms with E-state index in [2.05, 4.69) is 22.8 Å². The number of hydrogen-bond donors (Lipinski definition) is 1. The monoisotopic (exact) mass is 418 g/mol. The van der Waals surface area contributed by atoms with Crippen LogP contribution in [0.15, 0.2) is 42.5 Å². The maximum atomic E-state index is 13.5. The highest BCUT2D eigenvalue weighted by Crippen LogP contribution is 2.49. The van der Waals surface area contributed by atoms with E-state index in [1.165, 1.54) is 12.1 Å². The third-order valence-electron chi connectivity index (χ3n) is 7.01. The molecule has 0 unspecified atom stereocenters. The zero-order valence-electron chi connectivity index (χ0n) is 17.7. The number of aliphatic hydroxyl groups excluding tert-OH is 1. The van der Waals surface area contributed by atoms with E-state index < -0.39 is 0 Å². The summed E-state index contributed by atoms with van der Waals surface area (Å²) in [6, 6.07) is 12.3. The number of likely N-dealkylation sites (tertiary alicyclic amines) is 1. The smallest absolute Gasteiger partial charge is 0.223 e. The van der Waals surface area contributed by atoms with Crippen LogP contribution in [0.3, 0.4) is 0 Å². The molecule has 1 saturated heterocycles. The quantitative estimate of drug-likeness (QED) is 0.773. The van der Waals surface area contributed by atoms with Gasteiger partial charge in [0.05, 0.1) is 18.7 Å². The van der Waals surface area contributed by atoms with Crippen molar-refractivity contribution in [2.75, 3.05) is 25.1 Å². The second-order valence-corrected chi connectivity index (χ2v) is 9.03. The van der Waals surface area contributed by atoms with Crippen LogP contribution in [0.5, 0.6) is 0 Å². The standard InChI is InChI=1S/C26H27FN2O2/c1-28-23-10-9-18(6-5-17-3-2-4-20(27)13-17)14-22(23)26-21(24(28)16-30)11-12-29(26)25(31)15-19-7-8-19/h2-4,9-10,13-14,19,21,24,26,30H,7-8,11-12,15-16H2,1H3/t21-,24+,26-/m0/s1. The van der Waals surface area contributed by atoms with Crippen LogP contribution in [-0.2, 0) is 4.79 Å². The van der Waals surface area contributed by atoms with Gasteiger partial charge in [-0.15, -0.1) is 0 Å². The van der Waals surface area contributed by atoms with Crippen LogP contribution < -0.4 is 4.90 Å². The van der Waals surface area contributed by atoms with E-state index in [1.807, 2.05) is 24.1 Å². The largest absolute Gasteiger partial charge is 0.394 e. The molecule has 31 heavy (non-hydrogen) atoms. The summed E-state index contributed by atoms with van der Waals surface area (Å²) in [5.74, 6) is 6.89. The highest BCUT2D eigenvalue weighted by atomic mass is 19.1. The van der Waals surface area contributed by atoms with Crippen LogP contribution in [0.1, 0.15) is 48.4 Å². The van der Waals surface area contributed by atoms with E-state index >= 15 is 0 Å². The van der Waals surface area contributed by atoms with Gasteiger partial charge in [0, 0.05) is 42.7 Å². The first-order valence-electron chi connectivity index (χ1n) is 11.1. The highest BCUT2D eigenvalue weighted by Gasteiger charge is 2.48. The molecular formula is C26H27FN2O2. The lowest BCUT2D eigenvalue weighted by Crippen LogP contribution is -2.48. The molecule has 0 spiro atoms. The molecule has 1 N–H and O–H groups in total. The van der Waals surface area contributed by atoms with Crippen LogP contribution in [-0.4, -0.2) is 42.2 Å². The van der Waals surface area contributed by atoms with Gasteiger partial charge in [-0.1, -0.05) is 17.9 Å². The van der Waals surface area contributed by atoms with E-state index in [9.17, 15) is 14.3 Å². The molecule has 0 radical (unpaired) electrons. The van der Waals surface area contributed by atoms with E-state index in [1.54, 1.807) is 12.1 Å². The van der Waals surface area contributed by atoms with Gasteiger partial charge < -0.3 is 14.9 Å². The molecule has 3 aliphatic rings. The minimum absolute atomic E-state index is 0.000420. The second-order valence-electron chi connectivity index (χ2n) is 9.03. The first-order chi connectivity index (χ1) is 15.0. The molecule has 0 aromatic heterocycles. The summed E-state index contributed by atoms with van der Waals surface area (Å²) >= 11 is 0. The summed E-state index contributed by atoms with van der Waals surface area (Å²) < 4.78 is 13.5. The van der Waals surface area contributed by atoms with Gasteiger partial charge in [0.1, 0.15) is 5.82 Å². The van der Waals surface area contributed by atoms with Crippen molar-refractivity contribution in [3.63, 3.8) is 0 Å². The lowest BCUT2D eigenvalue weighted by Gasteiger charge is -2.44. The average Bonchev–Trinajstić information content (AvgIpc) is 3.47. The van der Waals surface area contributed by atoms with Crippen LogP contribution in [0.4, 0.5) is 10.1 Å². The summed E-state index contributed by atoms with van der Waals surface area (Å²) in [6.07, 6.45) is 3.85. The molecule has 3 atom stereocenters. The zero-order chi connectivity index (χ0) is 21.5. The molecule has 0 bridgehead atoms. The predicted octanol–water partition coefficient (Wildman–Crippen LogP) is 3.73. The summed E-state index contributed by atoms with van der Waals surface area (Å²) in [7, 11) is 2.02. The van der Waals surface area contributed by atoms with Gasteiger partial charge >= 0.3 is 0 Å². The van der Waals surface area contributed by atoms with Crippen LogP contribution in [0, 0.1) is 29.5 Å². The van der Waals surface area contributed by atoms with Crippen molar-refractivity contribution in [3.05, 3.63) is 65.0 Å². The number of benzene rings is 2. The van der Waals surface area contributed by atoms with Crippen molar-refractivity contribution in [2.45, 2.75) is 37.8 Å². The van der Waals surface area contributed by atoms with E-state index in [-0.39, 0.29) is 36.3 Å². The Morgan fingerprint density at radius 1 is 1.13 bits per heavy atom. The van der Waals surface area contributed by atoms with Gasteiger partial charge in [0.2, 0.25) is 5.91 Å². The lowest BCUT2D eigenvalue weighted by molar-refractivity contribution is -0.133. The van der Waals surface area contributed by atoms with Gasteiger partial charge in [0.15, 0.2) is 0 Å². The van der Waals surface area contributed by atoms with E-state index in [0.717, 1.165) is 42.6 Å². The molecule has 2 aliphatic heterocycles. The van der Waals surface area contributed by atoms with Crippen molar-refractivity contribution in [2.24, 2.45) is 11.8 Å². The van der Waals surface area contributed by atoms with Gasteiger partial charge in [-0.2, -0.15) is 0 Å². The first-order valence-corrected chi connectivity index (χ1v) is 11.1. The molecule has 160 valence electrons. The van der Waals surface area contributed by atoms with E-state index in [0.29, 0.717) is 17.9 Å². The molecule has 2 heterocycles. The number of nitrogens with zero attached hydrogens (tertiary/aromatic N) is 2. The number of aliphatic hydroxyl groups is 1. The Labute approximate surface area is 182 Å². The molecule has 1 aliphatic carbocycles. The SMILES string of the molecule is CN1c2ccc(C#Cc3cccc(F)c3)cc2[C@@H]2[C@@H](CCN2C(=O)CC2CC2)[C@H]1CO. The molecular weight excluding hydrogens is 391 g/mol. The Kier molecular flexibility index (Phi) is 5.19. The highest BCUT2D eigenvalue weighted by molar-refractivity contribution is 5.78. The van der Waals surface area contributed by atoms with Crippen LogP contribution in [0.2, 0.25) is 0 Å². The number of carbonyl (C=O) groups excluding carboxylic acids is 1. The topological polar surface area (TPSA) is 43.8 Å². The summed E-state index contributed by atoms with van der Waals surface area (Å²) in [4.78, 5) is 17.2. The number of hydrogen-bond acceptors (Lipinski definition) is 3. The summed E-state index contributed by atoms with van der Waals surface area (Å²) in [6.45, 7) is 0.812. The number of fused-ring (bicyclic) bond motifs is 3. The minimum Gasteiger partial charge on any atom is -0.394 e. The Balaban J connectivity index is 1.51. The normalized spacial score (nSPS) is 24.3. The summed E-state index contributed by atoms with van der Waals surface area (Å²) in [5.41, 5.74) is 3.63. The fourth-order valence-corrected chi connectivity index (χ4v) is 5.21. The van der Waals surface area contributed by atoms with Crippen LogP contribution in [0.25, 0.3) is 0 Å². The Bertz CT molecular complexity index is 1070. The lowest BCUT2D eigenvalue weighted by atomic mass is 9.81. The maximum absolute atomic E-state index is 13.5. The number of anilines is 1. The van der Waals surface area contributed by atoms with Crippen molar-refractivity contribution >= 4 is 11.6 Å². The first kappa shape index (κ1) is 20.1.